The van der Waals surface area contributed by atoms with E-state index in [2.05, 4.69) is 5.16 Å². The van der Waals surface area contributed by atoms with E-state index in [-0.39, 0.29) is 16.9 Å². The number of hydrogen-bond acceptors (Lipinski definition) is 3. The van der Waals surface area contributed by atoms with Crippen molar-refractivity contribution in [3.63, 3.8) is 0 Å². The quantitative estimate of drug-likeness (QED) is 0.266. The summed E-state index contributed by atoms with van der Waals surface area (Å²) >= 11 is 0. The zero-order valence-corrected chi connectivity index (χ0v) is 13.9. The van der Waals surface area contributed by atoms with Crippen molar-refractivity contribution in [3.8, 4) is 28.0 Å². The van der Waals surface area contributed by atoms with Crippen LogP contribution < -0.4 is 5.73 Å². The molecule has 27 heavy (non-hydrogen) atoms. The highest BCUT2D eigenvalue weighted by Crippen LogP contribution is 2.40. The molecule has 0 fully saturated rings. The molecule has 4 N–H and O–H groups in total. The third kappa shape index (κ3) is 3.72. The van der Waals surface area contributed by atoms with E-state index < -0.39 is 17.6 Å². The van der Waals surface area contributed by atoms with Gasteiger partial charge < -0.3 is 16.0 Å². The Kier molecular flexibility index (Phi) is 4.77. The number of hydrogen-bond donors (Lipinski definition) is 3. The molecule has 0 aromatic heterocycles. The molecule has 0 radical (unpaired) electrons. The Bertz CT molecular complexity index is 983. The molecule has 3 aromatic rings. The molecule has 3 aromatic carbocycles. The third-order valence-electron chi connectivity index (χ3n) is 4.09. The van der Waals surface area contributed by atoms with E-state index in [1.54, 1.807) is 30.3 Å². The van der Waals surface area contributed by atoms with Gasteiger partial charge in [0.1, 0.15) is 5.75 Å². The molecule has 0 aliphatic rings. The molecule has 0 saturated heterocycles. The van der Waals surface area contributed by atoms with E-state index in [1.165, 1.54) is 24.3 Å². The molecule has 3 rings (SSSR count). The number of aromatic hydroxyl groups is 1. The fourth-order valence-corrected chi connectivity index (χ4v) is 2.85. The maximum atomic E-state index is 13.4. The van der Waals surface area contributed by atoms with Crippen LogP contribution in [-0.4, -0.2) is 16.1 Å². The first-order valence-electron chi connectivity index (χ1n) is 7.89. The second kappa shape index (κ2) is 7.03. The summed E-state index contributed by atoms with van der Waals surface area (Å²) in [5.41, 5.74) is 6.44. The van der Waals surface area contributed by atoms with Gasteiger partial charge >= 0.3 is 6.18 Å². The number of nitrogens with zero attached hydrogens (tertiary/aromatic N) is 1. The van der Waals surface area contributed by atoms with Crippen molar-refractivity contribution >= 4 is 5.84 Å². The Labute approximate surface area is 153 Å². The summed E-state index contributed by atoms with van der Waals surface area (Å²) < 4.78 is 40.3. The number of rotatable bonds is 3. The second-order valence-corrected chi connectivity index (χ2v) is 5.84. The Hall–Kier alpha value is -3.48. The Morgan fingerprint density at radius 3 is 2.07 bits per heavy atom. The minimum Gasteiger partial charge on any atom is -0.508 e. The number of halogens is 3. The number of phenolic OH excluding ortho intramolecular Hbond substituents is 1. The van der Waals surface area contributed by atoms with E-state index in [4.69, 9.17) is 10.9 Å². The molecular formula is C20H15F3N2O2. The van der Waals surface area contributed by atoms with E-state index in [1.807, 2.05) is 0 Å². The fourth-order valence-electron chi connectivity index (χ4n) is 2.85. The normalized spacial score (nSPS) is 12.2. The third-order valence-corrected chi connectivity index (χ3v) is 4.09. The standard InChI is InChI=1S/C20H15F3N2O2/c21-20(22,23)14-10-16(12-6-8-15(26)9-7-12)18(13-4-2-1-3-5-13)17(11-14)19(24)25-27/h1-11,26-27H,(H2,24,25). The van der Waals surface area contributed by atoms with Crippen LogP contribution in [0.1, 0.15) is 11.1 Å². The van der Waals surface area contributed by atoms with Crippen molar-refractivity contribution in [2.75, 3.05) is 0 Å². The predicted molar refractivity (Wildman–Crippen MR) is 96.5 cm³/mol. The molecule has 0 aliphatic heterocycles. The van der Waals surface area contributed by atoms with E-state index >= 15 is 0 Å². The summed E-state index contributed by atoms with van der Waals surface area (Å²) in [5.74, 6) is -0.441. The van der Waals surface area contributed by atoms with Crippen LogP contribution in [-0.2, 0) is 6.18 Å². The molecule has 0 bridgehead atoms. The number of oxime groups is 1. The van der Waals surface area contributed by atoms with Crippen LogP contribution in [0.5, 0.6) is 5.75 Å². The Morgan fingerprint density at radius 1 is 0.889 bits per heavy atom. The number of nitrogens with two attached hydrogens (primary N) is 1. The molecule has 0 amide bonds. The van der Waals surface area contributed by atoms with Gasteiger partial charge in [-0.2, -0.15) is 13.2 Å². The summed E-state index contributed by atoms with van der Waals surface area (Å²) in [6.45, 7) is 0. The Morgan fingerprint density at radius 2 is 1.52 bits per heavy atom. The Balaban J connectivity index is 2.42. The van der Waals surface area contributed by atoms with Crippen molar-refractivity contribution < 1.29 is 23.5 Å². The fraction of sp³-hybridized carbons (Fsp3) is 0.0500. The number of phenols is 1. The van der Waals surface area contributed by atoms with Gasteiger partial charge in [-0.25, -0.2) is 0 Å². The number of amidine groups is 1. The molecule has 138 valence electrons. The molecule has 4 nitrogen and oxygen atoms in total. The molecule has 0 spiro atoms. The summed E-state index contributed by atoms with van der Waals surface area (Å²) in [6, 6.07) is 16.4. The smallest absolute Gasteiger partial charge is 0.416 e. The topological polar surface area (TPSA) is 78.8 Å². The van der Waals surface area contributed by atoms with Crippen LogP contribution in [0.2, 0.25) is 0 Å². The van der Waals surface area contributed by atoms with Gasteiger partial charge in [-0.3, -0.25) is 0 Å². The average Bonchev–Trinajstić information content (AvgIpc) is 2.67. The first kappa shape index (κ1) is 18.3. The molecule has 0 saturated carbocycles. The summed E-state index contributed by atoms with van der Waals surface area (Å²) in [4.78, 5) is 0. The van der Waals surface area contributed by atoms with Crippen LogP contribution in [0.15, 0.2) is 71.9 Å². The van der Waals surface area contributed by atoms with Crippen LogP contribution >= 0.6 is 0 Å². The molecule has 0 heterocycles. The predicted octanol–water partition coefficient (Wildman–Crippen LogP) is 4.84. The maximum Gasteiger partial charge on any atom is 0.416 e. The van der Waals surface area contributed by atoms with Crippen LogP contribution in [0.4, 0.5) is 13.2 Å². The van der Waals surface area contributed by atoms with E-state index in [0.717, 1.165) is 12.1 Å². The SMILES string of the molecule is N/C(=N/O)c1cc(C(F)(F)F)cc(-c2ccc(O)cc2)c1-c1ccccc1. The lowest BCUT2D eigenvalue weighted by atomic mass is 9.88. The van der Waals surface area contributed by atoms with Gasteiger partial charge in [-0.15, -0.1) is 0 Å². The highest BCUT2D eigenvalue weighted by Gasteiger charge is 2.33. The van der Waals surface area contributed by atoms with Crippen LogP contribution in [0.25, 0.3) is 22.3 Å². The zero-order chi connectivity index (χ0) is 19.6. The average molecular weight is 372 g/mol. The van der Waals surface area contributed by atoms with Crippen molar-refractivity contribution in [2.45, 2.75) is 6.18 Å². The van der Waals surface area contributed by atoms with E-state index in [0.29, 0.717) is 16.7 Å². The van der Waals surface area contributed by atoms with Gasteiger partial charge in [-0.1, -0.05) is 47.6 Å². The highest BCUT2D eigenvalue weighted by atomic mass is 19.4. The number of alkyl halides is 3. The molecule has 0 unspecified atom stereocenters. The second-order valence-electron chi connectivity index (χ2n) is 5.84. The first-order valence-corrected chi connectivity index (χ1v) is 7.89. The first-order chi connectivity index (χ1) is 12.8. The van der Waals surface area contributed by atoms with Gasteiger partial charge in [-0.05, 0) is 41.0 Å². The minimum absolute atomic E-state index is 0.0105. The van der Waals surface area contributed by atoms with Gasteiger partial charge in [0.05, 0.1) is 5.56 Å². The van der Waals surface area contributed by atoms with Gasteiger partial charge in [0, 0.05) is 11.1 Å². The van der Waals surface area contributed by atoms with E-state index in [9.17, 15) is 18.3 Å². The van der Waals surface area contributed by atoms with Crippen molar-refractivity contribution in [2.24, 2.45) is 10.9 Å². The highest BCUT2D eigenvalue weighted by molar-refractivity contribution is 6.07. The van der Waals surface area contributed by atoms with Crippen molar-refractivity contribution in [1.29, 1.82) is 0 Å². The van der Waals surface area contributed by atoms with Gasteiger partial charge in [0.25, 0.3) is 0 Å². The van der Waals surface area contributed by atoms with Gasteiger partial charge in [0.15, 0.2) is 5.84 Å². The van der Waals surface area contributed by atoms with Crippen molar-refractivity contribution in [1.82, 2.24) is 0 Å². The lowest BCUT2D eigenvalue weighted by Gasteiger charge is -2.18. The molecule has 0 atom stereocenters. The zero-order valence-electron chi connectivity index (χ0n) is 13.9. The molecule has 7 heteroatoms. The molecular weight excluding hydrogens is 357 g/mol. The van der Waals surface area contributed by atoms with Crippen molar-refractivity contribution in [3.05, 3.63) is 77.9 Å². The lowest BCUT2D eigenvalue weighted by molar-refractivity contribution is -0.137. The minimum atomic E-state index is -4.62. The number of benzene rings is 3. The van der Waals surface area contributed by atoms with Crippen LogP contribution in [0.3, 0.4) is 0 Å². The summed E-state index contributed by atoms with van der Waals surface area (Å²) in [6.07, 6.45) is -4.62. The van der Waals surface area contributed by atoms with Gasteiger partial charge in [0.2, 0.25) is 0 Å². The maximum absolute atomic E-state index is 13.4. The monoisotopic (exact) mass is 372 g/mol. The summed E-state index contributed by atoms with van der Waals surface area (Å²) in [5, 5.41) is 21.5. The summed E-state index contributed by atoms with van der Waals surface area (Å²) in [7, 11) is 0. The molecule has 0 aliphatic carbocycles. The van der Waals surface area contributed by atoms with Crippen LogP contribution in [0, 0.1) is 0 Å². The largest absolute Gasteiger partial charge is 0.508 e. The lowest BCUT2D eigenvalue weighted by Crippen LogP contribution is -2.17.